The predicted octanol–water partition coefficient (Wildman–Crippen LogP) is 4.34. The Labute approximate surface area is 179 Å². The van der Waals surface area contributed by atoms with Crippen LogP contribution in [0.4, 0.5) is 11.4 Å². The number of methoxy groups -OCH3 is 1. The Morgan fingerprint density at radius 3 is 2.62 bits per heavy atom. The Hall–Kier alpha value is -2.35. The second-order valence-corrected chi connectivity index (χ2v) is 8.04. The van der Waals surface area contributed by atoms with E-state index in [2.05, 4.69) is 10.3 Å². The van der Waals surface area contributed by atoms with Gasteiger partial charge in [-0.25, -0.2) is 4.99 Å². The van der Waals surface area contributed by atoms with Crippen LogP contribution in [0, 0.1) is 0 Å². The normalized spacial score (nSPS) is 17.7. The van der Waals surface area contributed by atoms with E-state index in [4.69, 9.17) is 16.3 Å². The summed E-state index contributed by atoms with van der Waals surface area (Å²) >= 11 is 7.25. The Balaban J connectivity index is 1.72. The summed E-state index contributed by atoms with van der Waals surface area (Å²) in [6.07, 6.45) is 0.768. The molecule has 0 aliphatic carbocycles. The van der Waals surface area contributed by atoms with Crippen molar-refractivity contribution >= 4 is 51.7 Å². The lowest BCUT2D eigenvalue weighted by Crippen LogP contribution is -2.34. The average molecular weight is 432 g/mol. The van der Waals surface area contributed by atoms with Gasteiger partial charge >= 0.3 is 0 Å². The number of anilines is 1. The van der Waals surface area contributed by atoms with E-state index in [1.54, 1.807) is 36.3 Å². The van der Waals surface area contributed by atoms with Gasteiger partial charge in [0.25, 0.3) is 0 Å². The number of carbonyl (C=O) groups is 2. The summed E-state index contributed by atoms with van der Waals surface area (Å²) in [4.78, 5) is 31.6. The number of benzene rings is 2. The van der Waals surface area contributed by atoms with E-state index in [0.29, 0.717) is 41.1 Å². The summed E-state index contributed by atoms with van der Waals surface area (Å²) in [5.74, 6) is -0.311. The number of amidine groups is 1. The van der Waals surface area contributed by atoms with Gasteiger partial charge in [-0.3, -0.25) is 14.5 Å². The number of aliphatic imine (C=N–C) groups is 1. The molecule has 1 fully saturated rings. The predicted molar refractivity (Wildman–Crippen MR) is 118 cm³/mol. The molecule has 1 aliphatic rings. The van der Waals surface area contributed by atoms with Crippen LogP contribution < -0.4 is 5.32 Å². The minimum absolute atomic E-state index is 0.0822. The molecule has 0 saturated carbocycles. The third kappa shape index (κ3) is 6.06. The van der Waals surface area contributed by atoms with E-state index in [-0.39, 0.29) is 18.2 Å². The minimum atomic E-state index is -0.507. The van der Waals surface area contributed by atoms with Crippen molar-refractivity contribution in [3.8, 4) is 0 Å². The molecule has 3 rings (SSSR count). The van der Waals surface area contributed by atoms with Gasteiger partial charge in [-0.15, -0.1) is 0 Å². The van der Waals surface area contributed by atoms with E-state index >= 15 is 0 Å². The highest BCUT2D eigenvalue weighted by molar-refractivity contribution is 8.15. The molecule has 0 bridgehead atoms. The van der Waals surface area contributed by atoms with Gasteiger partial charge in [0.2, 0.25) is 11.8 Å². The van der Waals surface area contributed by atoms with Crippen molar-refractivity contribution in [3.05, 3.63) is 59.6 Å². The third-order valence-electron chi connectivity index (χ3n) is 4.23. The van der Waals surface area contributed by atoms with Crippen LogP contribution in [0.25, 0.3) is 0 Å². The quantitative estimate of drug-likeness (QED) is 0.631. The fourth-order valence-electron chi connectivity index (χ4n) is 2.83. The zero-order valence-corrected chi connectivity index (χ0v) is 17.6. The van der Waals surface area contributed by atoms with Crippen LogP contribution in [-0.2, 0) is 14.3 Å². The summed E-state index contributed by atoms with van der Waals surface area (Å²) in [6, 6.07) is 16.3. The van der Waals surface area contributed by atoms with Crippen molar-refractivity contribution in [2.45, 2.75) is 18.1 Å². The lowest BCUT2D eigenvalue weighted by molar-refractivity contribution is -0.128. The van der Waals surface area contributed by atoms with Crippen molar-refractivity contribution in [3.63, 3.8) is 0 Å². The number of hydrogen-bond acceptors (Lipinski definition) is 5. The molecule has 29 heavy (non-hydrogen) atoms. The van der Waals surface area contributed by atoms with Crippen LogP contribution in [-0.4, -0.2) is 47.4 Å². The van der Waals surface area contributed by atoms with E-state index < -0.39 is 5.25 Å². The fourth-order valence-corrected chi connectivity index (χ4v) is 4.14. The summed E-state index contributed by atoms with van der Waals surface area (Å²) in [7, 11) is 1.62. The number of nitrogens with one attached hydrogen (secondary N) is 1. The van der Waals surface area contributed by atoms with Gasteiger partial charge in [-0.2, -0.15) is 0 Å². The maximum absolute atomic E-state index is 12.9. The fraction of sp³-hybridized carbons (Fsp3) is 0.286. The van der Waals surface area contributed by atoms with Gasteiger partial charge in [-0.05, 0) is 42.8 Å². The SMILES string of the molecule is COCCCN1C(=O)C(CC(=O)Nc2ccccc2)SC1=Nc1ccc(Cl)cc1. The number of carbonyl (C=O) groups excluding carboxylic acids is 2. The second kappa shape index (κ2) is 10.4. The van der Waals surface area contributed by atoms with Crippen molar-refractivity contribution < 1.29 is 14.3 Å². The smallest absolute Gasteiger partial charge is 0.242 e. The maximum atomic E-state index is 12.9. The summed E-state index contributed by atoms with van der Waals surface area (Å²) in [5.41, 5.74) is 1.41. The molecule has 0 aromatic heterocycles. The Bertz CT molecular complexity index is 874. The van der Waals surface area contributed by atoms with Gasteiger partial charge in [0.05, 0.1) is 5.69 Å². The van der Waals surface area contributed by atoms with Crippen molar-refractivity contribution in [2.24, 2.45) is 4.99 Å². The molecule has 1 saturated heterocycles. The molecular weight excluding hydrogens is 410 g/mol. The molecule has 0 radical (unpaired) electrons. The second-order valence-electron chi connectivity index (χ2n) is 6.43. The molecule has 1 aliphatic heterocycles. The number of amides is 2. The first-order chi connectivity index (χ1) is 14.1. The Kier molecular flexibility index (Phi) is 7.69. The molecule has 2 aromatic rings. The third-order valence-corrected chi connectivity index (χ3v) is 5.66. The van der Waals surface area contributed by atoms with Crippen LogP contribution in [0.2, 0.25) is 5.02 Å². The molecule has 1 heterocycles. The van der Waals surface area contributed by atoms with Crippen LogP contribution in [0.15, 0.2) is 59.6 Å². The number of nitrogens with zero attached hydrogens (tertiary/aromatic N) is 2. The zero-order valence-electron chi connectivity index (χ0n) is 16.0. The van der Waals surface area contributed by atoms with Crippen LogP contribution >= 0.6 is 23.4 Å². The van der Waals surface area contributed by atoms with E-state index in [1.807, 2.05) is 30.3 Å². The number of ether oxygens (including phenoxy) is 1. The van der Waals surface area contributed by atoms with Gasteiger partial charge in [0.1, 0.15) is 5.25 Å². The van der Waals surface area contributed by atoms with Crippen LogP contribution in [0.1, 0.15) is 12.8 Å². The summed E-state index contributed by atoms with van der Waals surface area (Å²) in [5, 5.41) is 3.53. The largest absolute Gasteiger partial charge is 0.385 e. The lowest BCUT2D eigenvalue weighted by Gasteiger charge is -2.16. The first-order valence-corrected chi connectivity index (χ1v) is 10.5. The molecule has 1 N–H and O–H groups in total. The summed E-state index contributed by atoms with van der Waals surface area (Å²) in [6.45, 7) is 1.03. The minimum Gasteiger partial charge on any atom is -0.385 e. The van der Waals surface area contributed by atoms with Gasteiger partial charge < -0.3 is 10.1 Å². The number of rotatable bonds is 8. The first kappa shape index (κ1) is 21.4. The van der Waals surface area contributed by atoms with Crippen LogP contribution in [0.3, 0.4) is 0 Å². The molecule has 0 spiro atoms. The zero-order chi connectivity index (χ0) is 20.6. The highest BCUT2D eigenvalue weighted by Crippen LogP contribution is 2.32. The Morgan fingerprint density at radius 1 is 1.21 bits per heavy atom. The number of halogens is 1. The topological polar surface area (TPSA) is 71.0 Å². The summed E-state index contributed by atoms with van der Waals surface area (Å²) < 4.78 is 5.10. The van der Waals surface area contributed by atoms with Crippen LogP contribution in [0.5, 0.6) is 0 Å². The number of hydrogen-bond donors (Lipinski definition) is 1. The average Bonchev–Trinajstić information content (AvgIpc) is 2.99. The first-order valence-electron chi connectivity index (χ1n) is 9.23. The highest BCUT2D eigenvalue weighted by Gasteiger charge is 2.38. The molecule has 8 heteroatoms. The molecule has 152 valence electrons. The van der Waals surface area contributed by atoms with Crippen molar-refractivity contribution in [1.29, 1.82) is 0 Å². The van der Waals surface area contributed by atoms with E-state index in [1.165, 1.54) is 11.8 Å². The van der Waals surface area contributed by atoms with Crippen molar-refractivity contribution in [1.82, 2.24) is 4.90 Å². The Morgan fingerprint density at radius 2 is 1.93 bits per heavy atom. The van der Waals surface area contributed by atoms with E-state index in [0.717, 1.165) is 0 Å². The van der Waals surface area contributed by atoms with Gasteiger partial charge in [-0.1, -0.05) is 41.6 Å². The molecule has 1 unspecified atom stereocenters. The molecule has 6 nitrogen and oxygen atoms in total. The molecular formula is C21H22ClN3O3S. The maximum Gasteiger partial charge on any atom is 0.242 e. The lowest BCUT2D eigenvalue weighted by atomic mass is 10.2. The number of para-hydroxylation sites is 1. The van der Waals surface area contributed by atoms with E-state index in [9.17, 15) is 9.59 Å². The molecule has 2 amide bonds. The van der Waals surface area contributed by atoms with Gasteiger partial charge in [0, 0.05) is 37.4 Å². The highest BCUT2D eigenvalue weighted by atomic mass is 35.5. The number of thioether (sulfide) groups is 1. The van der Waals surface area contributed by atoms with Crippen molar-refractivity contribution in [2.75, 3.05) is 25.6 Å². The van der Waals surface area contributed by atoms with Gasteiger partial charge in [0.15, 0.2) is 5.17 Å². The molecule has 1 atom stereocenters. The standard InChI is InChI=1S/C21H22ClN3O3S/c1-28-13-5-12-25-20(27)18(14-19(26)23-16-6-3-2-4-7-16)29-21(25)24-17-10-8-15(22)9-11-17/h2-4,6-11,18H,5,12-14H2,1H3,(H,23,26). The molecule has 2 aromatic carbocycles. The monoisotopic (exact) mass is 431 g/mol.